The maximum Gasteiger partial charge on any atom is 0.118 e. The number of benzene rings is 2. The third-order valence-electron chi connectivity index (χ3n) is 5.79. The fraction of sp³-hybridized carbons (Fsp3) is 0.520. The summed E-state index contributed by atoms with van der Waals surface area (Å²) in [5, 5.41) is 0. The van der Waals surface area contributed by atoms with Crippen LogP contribution in [0.5, 0.6) is 5.75 Å². The lowest BCUT2D eigenvalue weighted by molar-refractivity contribution is -0.0198. The maximum atomic E-state index is 6.21. The van der Waals surface area contributed by atoms with E-state index in [1.165, 1.54) is 61.6 Å². The van der Waals surface area contributed by atoms with Crippen molar-refractivity contribution in [2.24, 2.45) is 5.92 Å². The number of ether oxygens (including phenoxy) is 2. The predicted octanol–water partition coefficient (Wildman–Crippen LogP) is 7.19. The predicted molar refractivity (Wildman–Crippen MR) is 113 cm³/mol. The van der Waals surface area contributed by atoms with Crippen molar-refractivity contribution in [3.63, 3.8) is 0 Å². The molecule has 146 valence electrons. The molecule has 0 spiro atoms. The first-order chi connectivity index (χ1) is 13.3. The summed E-state index contributed by atoms with van der Waals surface area (Å²) in [6.45, 7) is 3.21. The molecule has 1 heterocycles. The molecule has 2 atom stereocenters. The van der Waals surface area contributed by atoms with Crippen LogP contribution in [-0.2, 0) is 4.74 Å². The quantitative estimate of drug-likeness (QED) is 0.437. The van der Waals surface area contributed by atoms with Crippen molar-refractivity contribution in [2.45, 2.75) is 64.4 Å². The zero-order valence-corrected chi connectivity index (χ0v) is 17.0. The molecule has 0 radical (unpaired) electrons. The minimum Gasteiger partial charge on any atom is -0.497 e. The molecular formula is C25H34O2. The van der Waals surface area contributed by atoms with Crippen molar-refractivity contribution in [3.05, 3.63) is 54.1 Å². The van der Waals surface area contributed by atoms with E-state index in [1.54, 1.807) is 7.11 Å². The smallest absolute Gasteiger partial charge is 0.118 e. The van der Waals surface area contributed by atoms with Crippen LogP contribution in [0, 0.1) is 5.92 Å². The molecule has 2 heteroatoms. The second-order valence-electron chi connectivity index (χ2n) is 7.82. The van der Waals surface area contributed by atoms with E-state index in [0.29, 0.717) is 0 Å². The molecule has 0 aliphatic carbocycles. The van der Waals surface area contributed by atoms with Gasteiger partial charge in [0, 0.05) is 0 Å². The van der Waals surface area contributed by atoms with E-state index in [9.17, 15) is 0 Å². The number of methoxy groups -OCH3 is 1. The highest BCUT2D eigenvalue weighted by molar-refractivity contribution is 5.64. The third kappa shape index (κ3) is 5.84. The number of hydrogen-bond donors (Lipinski definition) is 0. The highest BCUT2D eigenvalue weighted by atomic mass is 16.5. The molecule has 0 N–H and O–H groups in total. The van der Waals surface area contributed by atoms with Gasteiger partial charge in [0.25, 0.3) is 0 Å². The van der Waals surface area contributed by atoms with Gasteiger partial charge in [-0.15, -0.1) is 0 Å². The average molecular weight is 367 g/mol. The number of hydrogen-bond acceptors (Lipinski definition) is 2. The molecule has 0 aromatic heterocycles. The van der Waals surface area contributed by atoms with E-state index in [1.807, 2.05) is 12.1 Å². The summed E-state index contributed by atoms with van der Waals surface area (Å²) >= 11 is 0. The van der Waals surface area contributed by atoms with Crippen LogP contribution in [0.4, 0.5) is 0 Å². The molecule has 0 amide bonds. The zero-order chi connectivity index (χ0) is 18.9. The Morgan fingerprint density at radius 1 is 0.852 bits per heavy atom. The Hall–Kier alpha value is -1.80. The van der Waals surface area contributed by atoms with E-state index in [-0.39, 0.29) is 6.10 Å². The van der Waals surface area contributed by atoms with E-state index >= 15 is 0 Å². The summed E-state index contributed by atoms with van der Waals surface area (Å²) in [5.41, 5.74) is 3.77. The molecule has 1 saturated heterocycles. The van der Waals surface area contributed by atoms with Crippen LogP contribution in [0.25, 0.3) is 11.1 Å². The van der Waals surface area contributed by atoms with Crippen molar-refractivity contribution in [3.8, 4) is 16.9 Å². The summed E-state index contributed by atoms with van der Waals surface area (Å²) in [6, 6.07) is 17.1. The lowest BCUT2D eigenvalue weighted by atomic mass is 9.90. The van der Waals surface area contributed by atoms with Crippen LogP contribution in [0.15, 0.2) is 48.5 Å². The number of rotatable bonds is 9. The second kappa shape index (κ2) is 10.5. The van der Waals surface area contributed by atoms with Gasteiger partial charge in [0.1, 0.15) is 5.75 Å². The van der Waals surface area contributed by atoms with Gasteiger partial charge in [-0.25, -0.2) is 0 Å². The average Bonchev–Trinajstić information content (AvgIpc) is 2.74. The van der Waals surface area contributed by atoms with E-state index < -0.39 is 0 Å². The zero-order valence-electron chi connectivity index (χ0n) is 17.0. The Morgan fingerprint density at radius 3 is 2.11 bits per heavy atom. The van der Waals surface area contributed by atoms with Crippen molar-refractivity contribution in [1.29, 1.82) is 0 Å². The van der Waals surface area contributed by atoms with Crippen molar-refractivity contribution in [2.75, 3.05) is 13.7 Å². The minimum atomic E-state index is 0.270. The van der Waals surface area contributed by atoms with Gasteiger partial charge in [0.15, 0.2) is 0 Å². The molecule has 1 aliphatic heterocycles. The highest BCUT2D eigenvalue weighted by Gasteiger charge is 2.22. The molecule has 2 aromatic carbocycles. The summed E-state index contributed by atoms with van der Waals surface area (Å²) in [6.07, 6.45) is 10.9. The number of unbranched alkanes of at least 4 members (excludes halogenated alkanes) is 4. The lowest BCUT2D eigenvalue weighted by Gasteiger charge is -2.29. The van der Waals surface area contributed by atoms with Gasteiger partial charge in [-0.2, -0.15) is 0 Å². The standard InChI is InChI=1S/C25H34O2/c1-3-4-5-6-7-8-20-9-18-25(27-19-20)23-12-10-21(11-13-23)22-14-16-24(26-2)17-15-22/h10-17,20,25H,3-9,18-19H2,1-2H3. The van der Waals surface area contributed by atoms with Crippen molar-refractivity contribution in [1.82, 2.24) is 0 Å². The van der Waals surface area contributed by atoms with Gasteiger partial charge in [-0.1, -0.05) is 75.4 Å². The van der Waals surface area contributed by atoms with Crippen molar-refractivity contribution < 1.29 is 9.47 Å². The molecule has 0 bridgehead atoms. The van der Waals surface area contributed by atoms with Gasteiger partial charge in [0.05, 0.1) is 19.8 Å². The largest absolute Gasteiger partial charge is 0.497 e. The van der Waals surface area contributed by atoms with Gasteiger partial charge >= 0.3 is 0 Å². The Balaban J connectivity index is 1.47. The van der Waals surface area contributed by atoms with Crippen LogP contribution in [0.3, 0.4) is 0 Å². The van der Waals surface area contributed by atoms with Crippen LogP contribution >= 0.6 is 0 Å². The second-order valence-corrected chi connectivity index (χ2v) is 7.82. The first kappa shape index (κ1) is 19.9. The van der Waals surface area contributed by atoms with Crippen LogP contribution < -0.4 is 4.74 Å². The molecule has 2 nitrogen and oxygen atoms in total. The molecule has 1 aliphatic rings. The first-order valence-electron chi connectivity index (χ1n) is 10.7. The van der Waals surface area contributed by atoms with Crippen LogP contribution in [-0.4, -0.2) is 13.7 Å². The monoisotopic (exact) mass is 366 g/mol. The van der Waals surface area contributed by atoms with E-state index in [0.717, 1.165) is 24.7 Å². The molecule has 1 fully saturated rings. The summed E-state index contributed by atoms with van der Waals surface area (Å²) < 4.78 is 11.5. The topological polar surface area (TPSA) is 18.5 Å². The van der Waals surface area contributed by atoms with E-state index in [2.05, 4.69) is 43.3 Å². The van der Waals surface area contributed by atoms with Gasteiger partial charge < -0.3 is 9.47 Å². The van der Waals surface area contributed by atoms with Gasteiger partial charge in [-0.05, 0) is 54.0 Å². The van der Waals surface area contributed by atoms with Gasteiger partial charge in [0.2, 0.25) is 0 Å². The van der Waals surface area contributed by atoms with E-state index in [4.69, 9.17) is 9.47 Å². The fourth-order valence-electron chi connectivity index (χ4n) is 4.01. The molecular weight excluding hydrogens is 332 g/mol. The molecule has 27 heavy (non-hydrogen) atoms. The lowest BCUT2D eigenvalue weighted by Crippen LogP contribution is -2.20. The Bertz CT molecular complexity index is 652. The molecule has 3 rings (SSSR count). The van der Waals surface area contributed by atoms with Gasteiger partial charge in [-0.3, -0.25) is 0 Å². The Morgan fingerprint density at radius 2 is 1.52 bits per heavy atom. The summed E-state index contributed by atoms with van der Waals surface area (Å²) in [4.78, 5) is 0. The SMILES string of the molecule is CCCCCCCC1CCC(c2ccc(-c3ccc(OC)cc3)cc2)OC1. The third-order valence-corrected chi connectivity index (χ3v) is 5.79. The summed E-state index contributed by atoms with van der Waals surface area (Å²) in [7, 11) is 1.70. The normalized spacial score (nSPS) is 19.8. The molecule has 2 aromatic rings. The van der Waals surface area contributed by atoms with Crippen LogP contribution in [0.2, 0.25) is 0 Å². The first-order valence-corrected chi connectivity index (χ1v) is 10.7. The Kier molecular flexibility index (Phi) is 7.77. The summed E-state index contributed by atoms with van der Waals surface area (Å²) in [5.74, 6) is 1.66. The Labute approximate surface area is 164 Å². The van der Waals surface area contributed by atoms with Crippen LogP contribution in [0.1, 0.15) is 70.0 Å². The van der Waals surface area contributed by atoms with Crippen molar-refractivity contribution >= 4 is 0 Å². The maximum absolute atomic E-state index is 6.21. The fourth-order valence-corrected chi connectivity index (χ4v) is 4.01. The minimum absolute atomic E-state index is 0.270. The highest BCUT2D eigenvalue weighted by Crippen LogP contribution is 2.33. The molecule has 0 saturated carbocycles. The molecule has 2 unspecified atom stereocenters.